The Labute approximate surface area is 130 Å². The molecular formula is C16H12FN3O3. The number of halogens is 1. The van der Waals surface area contributed by atoms with Gasteiger partial charge in [-0.25, -0.2) is 13.9 Å². The quantitative estimate of drug-likeness (QED) is 0.771. The smallest absolute Gasteiger partial charge is 0.335 e. The standard InChI is InChI=1S/C16H12FN3O3/c17-12-3-1-2-11(8-12)15-14(9-21)18-19-20(15)13-6-4-10(5-7-13)16(22)23/h1-8,21H,9H2,(H,22,23). The van der Waals surface area contributed by atoms with Crippen molar-refractivity contribution in [3.05, 3.63) is 65.6 Å². The molecule has 6 nitrogen and oxygen atoms in total. The number of nitrogens with zero attached hydrogens (tertiary/aromatic N) is 3. The largest absolute Gasteiger partial charge is 0.478 e. The van der Waals surface area contributed by atoms with E-state index in [1.807, 2.05) is 0 Å². The van der Waals surface area contributed by atoms with Crippen LogP contribution in [0, 0.1) is 5.82 Å². The van der Waals surface area contributed by atoms with Crippen LogP contribution in [0.4, 0.5) is 4.39 Å². The van der Waals surface area contributed by atoms with Crippen LogP contribution in [0.25, 0.3) is 16.9 Å². The lowest BCUT2D eigenvalue weighted by molar-refractivity contribution is 0.0697. The zero-order valence-electron chi connectivity index (χ0n) is 11.8. The number of carboxylic acid groups (broad SMARTS) is 1. The predicted octanol–water partition coefficient (Wildman–Crippen LogP) is 2.26. The zero-order valence-corrected chi connectivity index (χ0v) is 11.8. The first-order valence-electron chi connectivity index (χ1n) is 6.75. The molecule has 0 spiro atoms. The van der Waals surface area contributed by atoms with Crippen LogP contribution in [0.3, 0.4) is 0 Å². The van der Waals surface area contributed by atoms with Crippen LogP contribution in [0.1, 0.15) is 16.1 Å². The van der Waals surface area contributed by atoms with Crippen LogP contribution >= 0.6 is 0 Å². The Morgan fingerprint density at radius 1 is 1.17 bits per heavy atom. The molecule has 0 bridgehead atoms. The second-order valence-corrected chi connectivity index (χ2v) is 4.82. The van der Waals surface area contributed by atoms with E-state index in [-0.39, 0.29) is 12.2 Å². The highest BCUT2D eigenvalue weighted by Gasteiger charge is 2.16. The van der Waals surface area contributed by atoms with Crippen molar-refractivity contribution in [2.45, 2.75) is 6.61 Å². The molecule has 0 aliphatic rings. The van der Waals surface area contributed by atoms with Gasteiger partial charge >= 0.3 is 5.97 Å². The molecule has 0 aliphatic heterocycles. The number of hydrogen-bond donors (Lipinski definition) is 2. The van der Waals surface area contributed by atoms with E-state index in [2.05, 4.69) is 10.3 Å². The predicted molar refractivity (Wildman–Crippen MR) is 79.6 cm³/mol. The SMILES string of the molecule is O=C(O)c1ccc(-n2nnc(CO)c2-c2cccc(F)c2)cc1. The summed E-state index contributed by atoms with van der Waals surface area (Å²) in [5, 5.41) is 26.3. The first-order valence-corrected chi connectivity index (χ1v) is 6.75. The zero-order chi connectivity index (χ0) is 16.4. The highest BCUT2D eigenvalue weighted by atomic mass is 19.1. The summed E-state index contributed by atoms with van der Waals surface area (Å²) in [6.07, 6.45) is 0. The van der Waals surface area contributed by atoms with Gasteiger partial charge < -0.3 is 10.2 Å². The van der Waals surface area contributed by atoms with Gasteiger partial charge in [-0.3, -0.25) is 0 Å². The summed E-state index contributed by atoms with van der Waals surface area (Å²) in [6, 6.07) is 11.9. The number of aromatic carboxylic acids is 1. The van der Waals surface area contributed by atoms with Gasteiger partial charge in [0.2, 0.25) is 0 Å². The van der Waals surface area contributed by atoms with Gasteiger partial charge in [0.25, 0.3) is 0 Å². The number of benzene rings is 2. The molecule has 0 amide bonds. The van der Waals surface area contributed by atoms with E-state index in [1.165, 1.54) is 28.9 Å². The highest BCUT2D eigenvalue weighted by Crippen LogP contribution is 2.26. The molecule has 0 unspecified atom stereocenters. The van der Waals surface area contributed by atoms with Gasteiger partial charge in [-0.1, -0.05) is 17.3 Å². The van der Waals surface area contributed by atoms with Crippen LogP contribution in [0.2, 0.25) is 0 Å². The van der Waals surface area contributed by atoms with E-state index < -0.39 is 11.8 Å². The van der Waals surface area contributed by atoms with Crippen molar-refractivity contribution < 1.29 is 19.4 Å². The molecule has 2 N–H and O–H groups in total. The first kappa shape index (κ1) is 14.9. The third-order valence-electron chi connectivity index (χ3n) is 3.35. The lowest BCUT2D eigenvalue weighted by Gasteiger charge is -2.08. The van der Waals surface area contributed by atoms with Gasteiger partial charge in [0.15, 0.2) is 0 Å². The summed E-state index contributed by atoms with van der Waals surface area (Å²) in [6.45, 7) is -0.348. The summed E-state index contributed by atoms with van der Waals surface area (Å²) in [7, 11) is 0. The van der Waals surface area contributed by atoms with Crippen molar-refractivity contribution in [1.82, 2.24) is 15.0 Å². The minimum absolute atomic E-state index is 0.142. The molecule has 0 aliphatic carbocycles. The van der Waals surface area contributed by atoms with E-state index in [9.17, 15) is 14.3 Å². The monoisotopic (exact) mass is 313 g/mol. The summed E-state index contributed by atoms with van der Waals surface area (Å²) >= 11 is 0. The molecule has 116 valence electrons. The maximum atomic E-state index is 13.5. The molecule has 23 heavy (non-hydrogen) atoms. The molecule has 1 heterocycles. The fourth-order valence-corrected chi connectivity index (χ4v) is 2.27. The molecule has 0 radical (unpaired) electrons. The number of hydrogen-bond acceptors (Lipinski definition) is 4. The molecule has 3 aromatic rings. The van der Waals surface area contributed by atoms with Crippen LogP contribution in [-0.4, -0.2) is 31.2 Å². The Balaban J connectivity index is 2.13. The van der Waals surface area contributed by atoms with Crippen LogP contribution in [0.15, 0.2) is 48.5 Å². The Bertz CT molecular complexity index is 859. The molecule has 7 heteroatoms. The molecule has 0 saturated carbocycles. The van der Waals surface area contributed by atoms with Gasteiger partial charge in [0, 0.05) is 5.56 Å². The maximum Gasteiger partial charge on any atom is 0.335 e. The first-order chi connectivity index (χ1) is 11.1. The average Bonchev–Trinajstić information content (AvgIpc) is 2.99. The normalized spacial score (nSPS) is 10.7. The van der Waals surface area contributed by atoms with Gasteiger partial charge in [-0.15, -0.1) is 5.10 Å². The summed E-state index contributed by atoms with van der Waals surface area (Å²) in [5.74, 6) is -1.45. The summed E-state index contributed by atoms with van der Waals surface area (Å²) in [4.78, 5) is 10.9. The molecule has 2 aromatic carbocycles. The Hall–Kier alpha value is -3.06. The van der Waals surface area contributed by atoms with Crippen molar-refractivity contribution in [2.75, 3.05) is 0 Å². The fourth-order valence-electron chi connectivity index (χ4n) is 2.27. The molecule has 0 saturated heterocycles. The van der Waals surface area contributed by atoms with E-state index >= 15 is 0 Å². The molecule has 0 atom stereocenters. The van der Waals surface area contributed by atoms with E-state index in [0.717, 1.165) is 0 Å². The molecule has 3 rings (SSSR count). The maximum absolute atomic E-state index is 13.5. The van der Waals surface area contributed by atoms with Crippen LogP contribution in [0.5, 0.6) is 0 Å². The number of aliphatic hydroxyl groups excluding tert-OH is 1. The van der Waals surface area contributed by atoms with Crippen molar-refractivity contribution in [2.24, 2.45) is 0 Å². The fraction of sp³-hybridized carbons (Fsp3) is 0.0625. The highest BCUT2D eigenvalue weighted by molar-refractivity contribution is 5.87. The van der Waals surface area contributed by atoms with E-state index in [0.29, 0.717) is 22.6 Å². The number of aromatic nitrogens is 3. The van der Waals surface area contributed by atoms with Crippen molar-refractivity contribution in [3.63, 3.8) is 0 Å². The van der Waals surface area contributed by atoms with Crippen molar-refractivity contribution in [1.29, 1.82) is 0 Å². The third kappa shape index (κ3) is 2.82. The lowest BCUT2D eigenvalue weighted by atomic mass is 10.1. The second kappa shape index (κ2) is 5.98. The molecular weight excluding hydrogens is 301 g/mol. The van der Waals surface area contributed by atoms with Gasteiger partial charge in [-0.2, -0.15) is 0 Å². The van der Waals surface area contributed by atoms with E-state index in [4.69, 9.17) is 5.11 Å². The topological polar surface area (TPSA) is 88.2 Å². The number of carbonyl (C=O) groups is 1. The van der Waals surface area contributed by atoms with Crippen LogP contribution < -0.4 is 0 Å². The second-order valence-electron chi connectivity index (χ2n) is 4.82. The van der Waals surface area contributed by atoms with E-state index in [1.54, 1.807) is 24.3 Å². The number of aliphatic hydroxyl groups is 1. The minimum atomic E-state index is -1.03. The van der Waals surface area contributed by atoms with Crippen molar-refractivity contribution in [3.8, 4) is 16.9 Å². The van der Waals surface area contributed by atoms with Gasteiger partial charge in [0.1, 0.15) is 17.2 Å². The summed E-state index contributed by atoms with van der Waals surface area (Å²) in [5.41, 5.74) is 1.97. The van der Waals surface area contributed by atoms with Crippen molar-refractivity contribution >= 4 is 5.97 Å². The Kier molecular flexibility index (Phi) is 3.86. The summed E-state index contributed by atoms with van der Waals surface area (Å²) < 4.78 is 14.9. The average molecular weight is 313 g/mol. The number of rotatable bonds is 4. The minimum Gasteiger partial charge on any atom is -0.478 e. The van der Waals surface area contributed by atoms with Gasteiger partial charge in [0.05, 0.1) is 17.9 Å². The third-order valence-corrected chi connectivity index (χ3v) is 3.35. The Morgan fingerprint density at radius 2 is 1.91 bits per heavy atom. The Morgan fingerprint density at radius 3 is 2.52 bits per heavy atom. The lowest BCUT2D eigenvalue weighted by Crippen LogP contribution is -2.02. The molecule has 0 fully saturated rings. The van der Waals surface area contributed by atoms with Crippen LogP contribution in [-0.2, 0) is 6.61 Å². The number of carboxylic acids is 1. The van der Waals surface area contributed by atoms with Gasteiger partial charge in [-0.05, 0) is 36.4 Å². The molecule has 1 aromatic heterocycles.